The second-order valence-electron chi connectivity index (χ2n) is 3.71. The van der Waals surface area contributed by atoms with Gasteiger partial charge in [0.25, 0.3) is 0 Å². The second kappa shape index (κ2) is 5.91. The summed E-state index contributed by atoms with van der Waals surface area (Å²) in [4.78, 5) is 0. The number of hydrogen-bond acceptors (Lipinski definition) is 2. The van der Waals surface area contributed by atoms with E-state index in [1.807, 2.05) is 6.92 Å². The van der Waals surface area contributed by atoms with E-state index in [-0.39, 0.29) is 12.4 Å². The number of ether oxygens (including phenoxy) is 1. The van der Waals surface area contributed by atoms with E-state index in [9.17, 15) is 13.2 Å². The number of nitrogens with one attached hydrogen (secondary N) is 1. The van der Waals surface area contributed by atoms with Crippen LogP contribution in [0.5, 0.6) is 5.75 Å². The van der Waals surface area contributed by atoms with Crippen molar-refractivity contribution in [1.29, 1.82) is 0 Å². The molecule has 17 heavy (non-hydrogen) atoms. The lowest BCUT2D eigenvalue weighted by Gasteiger charge is -2.15. The second-order valence-corrected chi connectivity index (χ2v) is 3.71. The van der Waals surface area contributed by atoms with Crippen LogP contribution in [0.15, 0.2) is 18.2 Å². The fraction of sp³-hybridized carbons (Fsp3) is 0.500. The number of alkyl halides is 3. The Morgan fingerprint density at radius 3 is 2.53 bits per heavy atom. The molecule has 0 aliphatic rings. The molecule has 0 unspecified atom stereocenters. The molecule has 0 saturated carbocycles. The Morgan fingerprint density at radius 1 is 1.29 bits per heavy atom. The van der Waals surface area contributed by atoms with Gasteiger partial charge in [0.2, 0.25) is 0 Å². The predicted octanol–water partition coefficient (Wildman–Crippen LogP) is 3.21. The maximum Gasteiger partial charge on any atom is 0.419 e. The quantitative estimate of drug-likeness (QED) is 0.862. The van der Waals surface area contributed by atoms with Gasteiger partial charge < -0.3 is 10.1 Å². The third-order valence-electron chi connectivity index (χ3n) is 2.19. The minimum atomic E-state index is -4.38. The Labute approximate surface area is 98.8 Å². The standard InChI is InChI=1S/C12H16F3NO/c1-3-6-17-11-5-4-9(8-16-2)7-10(11)12(13,14)15/h4-5,7,16H,3,6,8H2,1-2H3. The van der Waals surface area contributed by atoms with Gasteiger partial charge in [-0.3, -0.25) is 0 Å². The summed E-state index contributed by atoms with van der Waals surface area (Å²) >= 11 is 0. The molecule has 1 rings (SSSR count). The molecule has 1 N–H and O–H groups in total. The molecule has 0 aliphatic carbocycles. The number of halogens is 3. The molecule has 0 radical (unpaired) electrons. The van der Waals surface area contributed by atoms with E-state index < -0.39 is 11.7 Å². The maximum atomic E-state index is 12.8. The van der Waals surface area contributed by atoms with Crippen molar-refractivity contribution >= 4 is 0 Å². The van der Waals surface area contributed by atoms with Crippen LogP contribution < -0.4 is 10.1 Å². The van der Waals surface area contributed by atoms with Gasteiger partial charge >= 0.3 is 6.18 Å². The first-order valence-corrected chi connectivity index (χ1v) is 5.46. The topological polar surface area (TPSA) is 21.3 Å². The van der Waals surface area contributed by atoms with Crippen LogP contribution in [-0.4, -0.2) is 13.7 Å². The highest BCUT2D eigenvalue weighted by Crippen LogP contribution is 2.36. The van der Waals surface area contributed by atoms with Crippen LogP contribution in [0.25, 0.3) is 0 Å². The lowest BCUT2D eigenvalue weighted by atomic mass is 10.1. The first-order chi connectivity index (χ1) is 7.99. The van der Waals surface area contributed by atoms with E-state index in [1.165, 1.54) is 6.07 Å². The van der Waals surface area contributed by atoms with Gasteiger partial charge in [-0.05, 0) is 31.2 Å². The lowest BCUT2D eigenvalue weighted by Crippen LogP contribution is -2.12. The summed E-state index contributed by atoms with van der Waals surface area (Å²) in [5, 5.41) is 2.82. The van der Waals surface area contributed by atoms with Crippen molar-refractivity contribution < 1.29 is 17.9 Å². The summed E-state index contributed by atoms with van der Waals surface area (Å²) in [6, 6.07) is 4.14. The van der Waals surface area contributed by atoms with E-state index >= 15 is 0 Å². The molecule has 0 heterocycles. The van der Waals surface area contributed by atoms with Crippen molar-refractivity contribution in [2.45, 2.75) is 26.1 Å². The maximum absolute atomic E-state index is 12.8. The minimum Gasteiger partial charge on any atom is -0.493 e. The van der Waals surface area contributed by atoms with Gasteiger partial charge in [0.05, 0.1) is 12.2 Å². The molecule has 0 fully saturated rings. The Hall–Kier alpha value is -1.23. The molecule has 0 aliphatic heterocycles. The summed E-state index contributed by atoms with van der Waals surface area (Å²) in [6.45, 7) is 2.54. The average molecular weight is 247 g/mol. The van der Waals surface area contributed by atoms with Gasteiger partial charge in [-0.25, -0.2) is 0 Å². The molecule has 2 nitrogen and oxygen atoms in total. The smallest absolute Gasteiger partial charge is 0.419 e. The number of benzene rings is 1. The van der Waals surface area contributed by atoms with Crippen molar-refractivity contribution in [3.05, 3.63) is 29.3 Å². The summed E-state index contributed by atoms with van der Waals surface area (Å²) in [7, 11) is 1.69. The van der Waals surface area contributed by atoms with Crippen LogP contribution in [0, 0.1) is 0 Å². The molecule has 1 aromatic carbocycles. The van der Waals surface area contributed by atoms with E-state index in [2.05, 4.69) is 5.32 Å². The first kappa shape index (κ1) is 13.8. The molecule has 0 saturated heterocycles. The Morgan fingerprint density at radius 2 is 2.00 bits per heavy atom. The summed E-state index contributed by atoms with van der Waals surface area (Å²) in [5.41, 5.74) is -0.123. The first-order valence-electron chi connectivity index (χ1n) is 5.46. The monoisotopic (exact) mass is 247 g/mol. The molecular formula is C12H16F3NO. The van der Waals surface area contributed by atoms with E-state index in [0.29, 0.717) is 18.5 Å². The molecule has 1 aromatic rings. The van der Waals surface area contributed by atoms with Crippen molar-refractivity contribution in [2.24, 2.45) is 0 Å². The zero-order valence-electron chi connectivity index (χ0n) is 9.90. The van der Waals surface area contributed by atoms with Crippen LogP contribution >= 0.6 is 0 Å². The molecule has 0 spiro atoms. The van der Waals surface area contributed by atoms with Gasteiger partial charge in [-0.2, -0.15) is 13.2 Å². The highest BCUT2D eigenvalue weighted by Gasteiger charge is 2.34. The number of hydrogen-bond donors (Lipinski definition) is 1. The van der Waals surface area contributed by atoms with Crippen LogP contribution in [0.3, 0.4) is 0 Å². The molecule has 0 aromatic heterocycles. The summed E-state index contributed by atoms with van der Waals surface area (Å²) in [6.07, 6.45) is -3.71. The summed E-state index contributed by atoms with van der Waals surface area (Å²) in [5.74, 6) is -0.0980. The van der Waals surface area contributed by atoms with Crippen LogP contribution in [-0.2, 0) is 12.7 Å². The molecule has 5 heteroatoms. The van der Waals surface area contributed by atoms with Crippen molar-refractivity contribution in [3.8, 4) is 5.75 Å². The van der Waals surface area contributed by atoms with E-state index in [1.54, 1.807) is 13.1 Å². The largest absolute Gasteiger partial charge is 0.493 e. The lowest BCUT2D eigenvalue weighted by molar-refractivity contribution is -0.139. The molecule has 96 valence electrons. The van der Waals surface area contributed by atoms with E-state index in [4.69, 9.17) is 4.74 Å². The number of rotatable bonds is 5. The van der Waals surface area contributed by atoms with Crippen LogP contribution in [0.2, 0.25) is 0 Å². The zero-order chi connectivity index (χ0) is 12.9. The van der Waals surface area contributed by atoms with Gasteiger partial charge in [0.15, 0.2) is 0 Å². The Kier molecular flexibility index (Phi) is 4.81. The molecular weight excluding hydrogens is 231 g/mol. The van der Waals surface area contributed by atoms with Gasteiger partial charge in [0, 0.05) is 6.54 Å². The minimum absolute atomic E-state index is 0.0980. The van der Waals surface area contributed by atoms with Gasteiger partial charge in [0.1, 0.15) is 5.75 Å². The highest BCUT2D eigenvalue weighted by atomic mass is 19.4. The highest BCUT2D eigenvalue weighted by molar-refractivity contribution is 5.39. The van der Waals surface area contributed by atoms with Crippen molar-refractivity contribution in [2.75, 3.05) is 13.7 Å². The SMILES string of the molecule is CCCOc1ccc(CNC)cc1C(F)(F)F. The molecule has 0 bridgehead atoms. The molecule has 0 atom stereocenters. The Balaban J connectivity index is 3.03. The van der Waals surface area contributed by atoms with Crippen molar-refractivity contribution in [3.63, 3.8) is 0 Å². The normalized spacial score (nSPS) is 11.6. The van der Waals surface area contributed by atoms with Crippen LogP contribution in [0.1, 0.15) is 24.5 Å². The summed E-state index contributed by atoms with van der Waals surface area (Å²) < 4.78 is 43.5. The fourth-order valence-corrected chi connectivity index (χ4v) is 1.45. The Bertz CT molecular complexity index is 363. The average Bonchev–Trinajstić information content (AvgIpc) is 2.26. The third-order valence-corrected chi connectivity index (χ3v) is 2.19. The van der Waals surface area contributed by atoms with Crippen LogP contribution in [0.4, 0.5) is 13.2 Å². The van der Waals surface area contributed by atoms with Gasteiger partial charge in [-0.15, -0.1) is 0 Å². The van der Waals surface area contributed by atoms with Crippen molar-refractivity contribution in [1.82, 2.24) is 5.32 Å². The predicted molar refractivity (Wildman–Crippen MR) is 60.0 cm³/mol. The van der Waals surface area contributed by atoms with Gasteiger partial charge in [-0.1, -0.05) is 13.0 Å². The molecule has 0 amide bonds. The third kappa shape index (κ3) is 3.93. The zero-order valence-corrected chi connectivity index (χ0v) is 9.90. The van der Waals surface area contributed by atoms with E-state index in [0.717, 1.165) is 6.07 Å². The fourth-order valence-electron chi connectivity index (χ4n) is 1.45.